The number of aliphatic hydroxyl groups is 1. The van der Waals surface area contributed by atoms with E-state index in [9.17, 15) is 4.79 Å². The maximum Gasteiger partial charge on any atom is 0.335 e. The summed E-state index contributed by atoms with van der Waals surface area (Å²) in [4.78, 5) is 10.5. The van der Waals surface area contributed by atoms with Crippen LogP contribution in [0.4, 0.5) is 0 Å². The fourth-order valence-electron chi connectivity index (χ4n) is 0.916. The highest BCUT2D eigenvalue weighted by Gasteiger charge is 2.04. The molecule has 0 aromatic heterocycles. The van der Waals surface area contributed by atoms with Crippen LogP contribution in [0.5, 0.6) is 5.75 Å². The first-order valence-electron chi connectivity index (χ1n) is 4.31. The van der Waals surface area contributed by atoms with Crippen molar-refractivity contribution < 1.29 is 19.7 Å². The van der Waals surface area contributed by atoms with Crippen molar-refractivity contribution in [1.29, 1.82) is 0 Å². The number of aliphatic hydroxyl groups excluding tert-OH is 1. The molecule has 0 bridgehead atoms. The number of ether oxygens (including phenoxy) is 1. The van der Waals surface area contributed by atoms with E-state index in [1.807, 2.05) is 0 Å². The molecule has 1 rings (SSSR count). The molecule has 0 aliphatic heterocycles. The second-order valence-corrected chi connectivity index (χ2v) is 2.81. The van der Waals surface area contributed by atoms with Crippen LogP contribution in [0.25, 0.3) is 0 Å². The van der Waals surface area contributed by atoms with Crippen molar-refractivity contribution in [2.75, 3.05) is 0 Å². The summed E-state index contributed by atoms with van der Waals surface area (Å²) in [6, 6.07) is 5.89. The number of carboxylic acids is 1. The molecule has 0 amide bonds. The highest BCUT2D eigenvalue weighted by molar-refractivity contribution is 5.87. The Labute approximate surface area is 89.1 Å². The van der Waals surface area contributed by atoms with Crippen LogP contribution in [0, 0.1) is 0 Å². The van der Waals surface area contributed by atoms with Crippen LogP contribution in [-0.2, 0) is 0 Å². The van der Waals surface area contributed by atoms with Gasteiger partial charge in [0.05, 0.1) is 5.56 Å². The molecule has 0 saturated carbocycles. The first kappa shape index (κ1) is 13.4. The van der Waals surface area contributed by atoms with Crippen LogP contribution in [0.1, 0.15) is 31.1 Å². The van der Waals surface area contributed by atoms with Gasteiger partial charge in [-0.3, -0.25) is 0 Å². The zero-order chi connectivity index (χ0) is 10.6. The van der Waals surface area contributed by atoms with Crippen molar-refractivity contribution in [2.24, 2.45) is 0 Å². The van der Waals surface area contributed by atoms with Crippen molar-refractivity contribution >= 4 is 5.97 Å². The second-order valence-electron chi connectivity index (χ2n) is 2.81. The van der Waals surface area contributed by atoms with Gasteiger partial charge >= 0.3 is 5.97 Å². The van der Waals surface area contributed by atoms with Crippen LogP contribution in [0.3, 0.4) is 0 Å². The number of rotatable bonds is 4. The minimum absolute atomic E-state index is 0. The van der Waals surface area contributed by atoms with Crippen LogP contribution in [0.2, 0.25) is 0 Å². The van der Waals surface area contributed by atoms with E-state index in [0.717, 1.165) is 0 Å². The summed E-state index contributed by atoms with van der Waals surface area (Å²) in [6.07, 6.45) is -0.355. The summed E-state index contributed by atoms with van der Waals surface area (Å²) in [5.74, 6) is -0.517. The summed E-state index contributed by atoms with van der Waals surface area (Å²) in [6.45, 7) is 1.79. The monoisotopic (exact) mass is 212 g/mol. The number of carboxylic acid groups (broad SMARTS) is 1. The van der Waals surface area contributed by atoms with Gasteiger partial charge in [0.2, 0.25) is 0 Å². The quantitative estimate of drug-likeness (QED) is 0.750. The van der Waals surface area contributed by atoms with Crippen molar-refractivity contribution in [3.63, 3.8) is 0 Å². The highest BCUT2D eigenvalue weighted by Crippen LogP contribution is 2.13. The Morgan fingerprint density at radius 1 is 1.40 bits per heavy atom. The van der Waals surface area contributed by atoms with Crippen molar-refractivity contribution in [1.82, 2.24) is 0 Å². The first-order valence-corrected chi connectivity index (χ1v) is 4.31. The van der Waals surface area contributed by atoms with Gasteiger partial charge in [0.1, 0.15) is 5.75 Å². The average molecular weight is 212 g/mol. The predicted octanol–water partition coefficient (Wildman–Crippen LogP) is 2.13. The molecular weight excluding hydrogens is 196 g/mol. The zero-order valence-electron chi connectivity index (χ0n) is 7.80. The Bertz CT molecular complexity index is 305. The van der Waals surface area contributed by atoms with E-state index < -0.39 is 12.3 Å². The molecule has 1 unspecified atom stereocenters. The molecule has 0 aliphatic carbocycles. The summed E-state index contributed by atoms with van der Waals surface area (Å²) in [5.41, 5.74) is 0.198. The van der Waals surface area contributed by atoms with Gasteiger partial charge < -0.3 is 14.9 Å². The minimum Gasteiger partial charge on any atom is -0.478 e. The molecule has 0 spiro atoms. The number of hydrogen-bond donors (Lipinski definition) is 2. The molecule has 1 aromatic carbocycles. The maximum absolute atomic E-state index is 10.5. The Morgan fingerprint density at radius 3 is 2.33 bits per heavy atom. The zero-order valence-corrected chi connectivity index (χ0v) is 7.80. The smallest absolute Gasteiger partial charge is 0.335 e. The highest BCUT2D eigenvalue weighted by atomic mass is 16.6. The Morgan fingerprint density at radius 2 is 1.93 bits per heavy atom. The molecule has 84 valence electrons. The molecule has 4 heteroatoms. The standard InChI is InChI=1S/C10H12O4.CH4/c1-2-9(11)14-8-5-3-7(4-6-8)10(12)13;/h3-6,9,11H,2H2,1H3,(H,12,13);1H4. The third-order valence-electron chi connectivity index (χ3n) is 1.72. The topological polar surface area (TPSA) is 66.8 Å². The third kappa shape index (κ3) is 3.99. The summed E-state index contributed by atoms with van der Waals surface area (Å²) < 4.78 is 5.06. The minimum atomic E-state index is -0.979. The van der Waals surface area contributed by atoms with Gasteiger partial charge in [0.15, 0.2) is 6.29 Å². The molecule has 0 fully saturated rings. The lowest BCUT2D eigenvalue weighted by atomic mass is 10.2. The van der Waals surface area contributed by atoms with Crippen LogP contribution in [-0.4, -0.2) is 22.5 Å². The number of hydrogen-bond acceptors (Lipinski definition) is 3. The molecule has 1 aromatic rings. The number of carbonyl (C=O) groups is 1. The molecule has 0 radical (unpaired) electrons. The van der Waals surface area contributed by atoms with Gasteiger partial charge in [-0.15, -0.1) is 0 Å². The molecule has 2 N–H and O–H groups in total. The number of aromatic carboxylic acids is 1. The Kier molecular flexibility index (Phi) is 5.41. The Balaban J connectivity index is 0.00000196. The van der Waals surface area contributed by atoms with Gasteiger partial charge in [-0.25, -0.2) is 4.79 Å². The average Bonchev–Trinajstić information content (AvgIpc) is 2.18. The van der Waals surface area contributed by atoms with Gasteiger partial charge in [-0.05, 0) is 24.3 Å². The van der Waals surface area contributed by atoms with E-state index in [-0.39, 0.29) is 13.0 Å². The first-order chi connectivity index (χ1) is 6.63. The molecule has 15 heavy (non-hydrogen) atoms. The van der Waals surface area contributed by atoms with E-state index in [1.165, 1.54) is 24.3 Å². The van der Waals surface area contributed by atoms with Crippen LogP contribution < -0.4 is 4.74 Å². The molecular formula is C11H16O4. The van der Waals surface area contributed by atoms with Gasteiger partial charge in [-0.1, -0.05) is 14.4 Å². The van der Waals surface area contributed by atoms with Crippen molar-refractivity contribution in [3.05, 3.63) is 29.8 Å². The van der Waals surface area contributed by atoms with Crippen molar-refractivity contribution in [3.8, 4) is 5.75 Å². The SMILES string of the molecule is C.CCC(O)Oc1ccc(C(=O)O)cc1. The van der Waals surface area contributed by atoms with Crippen LogP contribution >= 0.6 is 0 Å². The summed E-state index contributed by atoms with van der Waals surface area (Å²) in [5, 5.41) is 17.8. The predicted molar refractivity (Wildman–Crippen MR) is 57.1 cm³/mol. The third-order valence-corrected chi connectivity index (χ3v) is 1.72. The lowest BCUT2D eigenvalue weighted by Gasteiger charge is -2.10. The van der Waals surface area contributed by atoms with Crippen LogP contribution in [0.15, 0.2) is 24.3 Å². The van der Waals surface area contributed by atoms with Crippen molar-refractivity contribution in [2.45, 2.75) is 27.1 Å². The fourth-order valence-corrected chi connectivity index (χ4v) is 0.916. The maximum atomic E-state index is 10.5. The van der Waals surface area contributed by atoms with E-state index in [2.05, 4.69) is 0 Å². The lowest BCUT2D eigenvalue weighted by Crippen LogP contribution is -2.13. The van der Waals surface area contributed by atoms with E-state index in [0.29, 0.717) is 12.2 Å². The fraction of sp³-hybridized carbons (Fsp3) is 0.364. The molecule has 0 heterocycles. The summed E-state index contributed by atoms with van der Waals surface area (Å²) >= 11 is 0. The normalized spacial score (nSPS) is 11.3. The van der Waals surface area contributed by atoms with Gasteiger partial charge in [-0.2, -0.15) is 0 Å². The Hall–Kier alpha value is -1.55. The van der Waals surface area contributed by atoms with E-state index in [1.54, 1.807) is 6.92 Å². The van der Waals surface area contributed by atoms with Gasteiger partial charge in [0, 0.05) is 6.42 Å². The van der Waals surface area contributed by atoms with E-state index in [4.69, 9.17) is 14.9 Å². The molecule has 4 nitrogen and oxygen atoms in total. The van der Waals surface area contributed by atoms with E-state index >= 15 is 0 Å². The van der Waals surface area contributed by atoms with Gasteiger partial charge in [0.25, 0.3) is 0 Å². The summed E-state index contributed by atoms with van der Waals surface area (Å²) in [7, 11) is 0. The number of benzene rings is 1. The molecule has 1 atom stereocenters. The largest absolute Gasteiger partial charge is 0.478 e. The molecule has 0 saturated heterocycles. The molecule has 0 aliphatic rings. The second kappa shape index (κ2) is 6.03. The lowest BCUT2D eigenvalue weighted by molar-refractivity contribution is -0.0191.